The molecule has 210 valence electrons. The van der Waals surface area contributed by atoms with Crippen LogP contribution in [-0.2, 0) is 28.5 Å². The first-order valence-corrected chi connectivity index (χ1v) is 11.8. The van der Waals surface area contributed by atoms with Crippen LogP contribution >= 0.6 is 0 Å². The lowest BCUT2D eigenvalue weighted by Gasteiger charge is -2.45. The molecule has 2 heterocycles. The van der Waals surface area contributed by atoms with Crippen LogP contribution in [0.1, 0.15) is 25.7 Å². The molecule has 15 nitrogen and oxygen atoms in total. The number of hydrogen-bond donors (Lipinski definition) is 9. The highest BCUT2D eigenvalue weighted by molar-refractivity contribution is 5.76. The van der Waals surface area contributed by atoms with E-state index in [0.717, 1.165) is 0 Å². The fourth-order valence-corrected chi connectivity index (χ4v) is 3.84. The zero-order valence-electron chi connectivity index (χ0n) is 20.0. The van der Waals surface area contributed by atoms with Gasteiger partial charge in [-0.2, -0.15) is 0 Å². The molecular formula is C21H38N2O13. The van der Waals surface area contributed by atoms with Crippen molar-refractivity contribution in [3.05, 3.63) is 0 Å². The molecule has 0 radical (unpaired) electrons. The Morgan fingerprint density at radius 1 is 0.778 bits per heavy atom. The summed E-state index contributed by atoms with van der Waals surface area (Å²) in [5.74, 6) is -0.358. The van der Waals surface area contributed by atoms with Gasteiger partial charge in [-0.3, -0.25) is 9.59 Å². The molecule has 0 bridgehead atoms. The highest BCUT2D eigenvalue weighted by atomic mass is 16.7. The van der Waals surface area contributed by atoms with Crippen LogP contribution in [0.5, 0.6) is 0 Å². The van der Waals surface area contributed by atoms with Gasteiger partial charge in [0.05, 0.1) is 19.8 Å². The number of unbranched alkanes of at least 4 members (excludes halogenated alkanes) is 1. The fraction of sp³-hybridized carbons (Fsp3) is 0.905. The molecule has 2 fully saturated rings. The van der Waals surface area contributed by atoms with Crippen LogP contribution in [0.4, 0.5) is 0 Å². The minimum Gasteiger partial charge on any atom is -0.394 e. The van der Waals surface area contributed by atoms with Crippen molar-refractivity contribution in [3.8, 4) is 0 Å². The van der Waals surface area contributed by atoms with Crippen LogP contribution < -0.4 is 10.6 Å². The minimum atomic E-state index is -1.77. The van der Waals surface area contributed by atoms with Gasteiger partial charge in [-0.1, -0.05) is 0 Å². The number of aliphatic hydroxyl groups is 7. The number of carbonyl (C=O) groups is 2. The average molecular weight is 527 g/mol. The van der Waals surface area contributed by atoms with E-state index in [1.165, 1.54) is 7.05 Å². The van der Waals surface area contributed by atoms with Crippen molar-refractivity contribution < 1.29 is 64.3 Å². The monoisotopic (exact) mass is 526 g/mol. The Balaban J connectivity index is 1.86. The molecule has 0 aromatic heterocycles. The van der Waals surface area contributed by atoms with Gasteiger partial charge < -0.3 is 65.3 Å². The van der Waals surface area contributed by atoms with E-state index in [4.69, 9.17) is 18.9 Å². The first kappa shape index (κ1) is 30.7. The summed E-state index contributed by atoms with van der Waals surface area (Å²) in [6.45, 7) is -1.41. The molecule has 36 heavy (non-hydrogen) atoms. The maximum absolute atomic E-state index is 11.9. The summed E-state index contributed by atoms with van der Waals surface area (Å²) in [7, 11) is 1.54. The molecule has 0 aromatic rings. The van der Waals surface area contributed by atoms with Crippen molar-refractivity contribution >= 4 is 11.8 Å². The molecule has 0 unspecified atom stereocenters. The molecule has 2 aliphatic rings. The lowest BCUT2D eigenvalue weighted by molar-refractivity contribution is -0.360. The normalized spacial score (nSPS) is 36.9. The van der Waals surface area contributed by atoms with E-state index in [0.29, 0.717) is 19.3 Å². The molecule has 2 rings (SSSR count). The summed E-state index contributed by atoms with van der Waals surface area (Å²) < 4.78 is 21.6. The maximum atomic E-state index is 11.9. The quantitative estimate of drug-likeness (QED) is 0.102. The molecular weight excluding hydrogens is 488 g/mol. The Bertz CT molecular complexity index is 684. The average Bonchev–Trinajstić information content (AvgIpc) is 2.87. The summed E-state index contributed by atoms with van der Waals surface area (Å²) in [5, 5.41) is 75.1. The first-order valence-electron chi connectivity index (χ1n) is 11.8. The molecule has 0 spiro atoms. The SMILES string of the molecule is CNC(=O)CCCCC(=O)NCCO[C@H]1O[C@H](CO)[C@@H](O)[C@H](O[C@H]2O[C@H](CO)[C@@H](O)[C@H](O)[C@@H]2O)[C@@H]1O. The van der Waals surface area contributed by atoms with E-state index in [9.17, 15) is 45.3 Å². The third kappa shape index (κ3) is 8.26. The van der Waals surface area contributed by atoms with E-state index in [-0.39, 0.29) is 31.4 Å². The Labute approximate surface area is 207 Å². The van der Waals surface area contributed by atoms with Crippen molar-refractivity contribution in [3.63, 3.8) is 0 Å². The third-order valence-electron chi connectivity index (χ3n) is 6.00. The molecule has 10 atom stereocenters. The summed E-state index contributed by atoms with van der Waals surface area (Å²) in [6, 6.07) is 0. The first-order chi connectivity index (χ1) is 17.1. The Kier molecular flexibility index (Phi) is 12.8. The standard InChI is InChI=1S/C21H38N2O13/c1-22-12(26)4-2-3-5-13(27)23-6-7-33-20-18(32)19(15(29)11(9-25)34-20)36-21-17(31)16(30)14(28)10(8-24)35-21/h10-11,14-21,24-25,28-32H,2-9H2,1H3,(H,22,26)(H,23,27)/t10-,11-,14-,15-,16+,17+,18+,19+,20+,21-/m1/s1. The fourth-order valence-electron chi connectivity index (χ4n) is 3.84. The Morgan fingerprint density at radius 2 is 1.36 bits per heavy atom. The van der Waals surface area contributed by atoms with Crippen LogP contribution in [0.2, 0.25) is 0 Å². The Hall–Kier alpha value is -1.50. The molecule has 0 aliphatic carbocycles. The van der Waals surface area contributed by atoms with Gasteiger partial charge in [-0.25, -0.2) is 0 Å². The number of rotatable bonds is 13. The second-order valence-corrected chi connectivity index (χ2v) is 8.61. The van der Waals surface area contributed by atoms with Crippen LogP contribution in [0.3, 0.4) is 0 Å². The van der Waals surface area contributed by atoms with Gasteiger partial charge in [-0.15, -0.1) is 0 Å². The van der Waals surface area contributed by atoms with Gasteiger partial charge >= 0.3 is 0 Å². The largest absolute Gasteiger partial charge is 0.394 e. The molecule has 2 aliphatic heterocycles. The van der Waals surface area contributed by atoms with Gasteiger partial charge in [-0.05, 0) is 12.8 Å². The number of amides is 2. The predicted molar refractivity (Wildman–Crippen MR) is 118 cm³/mol. The number of nitrogens with one attached hydrogen (secondary N) is 2. The van der Waals surface area contributed by atoms with Gasteiger partial charge in [0.1, 0.15) is 48.8 Å². The second-order valence-electron chi connectivity index (χ2n) is 8.61. The summed E-state index contributed by atoms with van der Waals surface area (Å²) in [4.78, 5) is 23.1. The van der Waals surface area contributed by atoms with Crippen molar-refractivity contribution in [1.29, 1.82) is 0 Å². The van der Waals surface area contributed by atoms with Crippen molar-refractivity contribution in [2.45, 2.75) is 87.1 Å². The topological polar surface area (TPSA) is 237 Å². The van der Waals surface area contributed by atoms with Crippen molar-refractivity contribution in [2.24, 2.45) is 0 Å². The highest BCUT2D eigenvalue weighted by Gasteiger charge is 2.50. The number of aliphatic hydroxyl groups excluding tert-OH is 7. The second kappa shape index (κ2) is 15.0. The third-order valence-corrected chi connectivity index (χ3v) is 6.00. The zero-order valence-corrected chi connectivity index (χ0v) is 20.0. The zero-order chi connectivity index (χ0) is 26.8. The lowest BCUT2D eigenvalue weighted by atomic mass is 9.97. The summed E-state index contributed by atoms with van der Waals surface area (Å²) in [5.41, 5.74) is 0. The summed E-state index contributed by atoms with van der Waals surface area (Å²) in [6.07, 6.45) is -13.8. The number of ether oxygens (including phenoxy) is 4. The van der Waals surface area contributed by atoms with Gasteiger partial charge in [0.25, 0.3) is 0 Å². The lowest BCUT2D eigenvalue weighted by Crippen LogP contribution is -2.64. The maximum Gasteiger partial charge on any atom is 0.220 e. The van der Waals surface area contributed by atoms with E-state index < -0.39 is 74.6 Å². The molecule has 2 saturated heterocycles. The van der Waals surface area contributed by atoms with E-state index >= 15 is 0 Å². The van der Waals surface area contributed by atoms with E-state index in [2.05, 4.69) is 10.6 Å². The van der Waals surface area contributed by atoms with Crippen molar-refractivity contribution in [1.82, 2.24) is 10.6 Å². The highest BCUT2D eigenvalue weighted by Crippen LogP contribution is 2.29. The minimum absolute atomic E-state index is 0.0610. The predicted octanol–water partition coefficient (Wildman–Crippen LogP) is -4.95. The van der Waals surface area contributed by atoms with Crippen LogP contribution in [0.25, 0.3) is 0 Å². The van der Waals surface area contributed by atoms with Crippen molar-refractivity contribution in [2.75, 3.05) is 33.4 Å². The van der Waals surface area contributed by atoms with Crippen LogP contribution in [0, 0.1) is 0 Å². The van der Waals surface area contributed by atoms with E-state index in [1.54, 1.807) is 0 Å². The van der Waals surface area contributed by atoms with Crippen LogP contribution in [0.15, 0.2) is 0 Å². The van der Waals surface area contributed by atoms with E-state index in [1.807, 2.05) is 0 Å². The molecule has 15 heteroatoms. The molecule has 2 amide bonds. The van der Waals surface area contributed by atoms with Gasteiger partial charge in [0.15, 0.2) is 12.6 Å². The smallest absolute Gasteiger partial charge is 0.220 e. The molecule has 0 aromatic carbocycles. The summed E-state index contributed by atoms with van der Waals surface area (Å²) >= 11 is 0. The Morgan fingerprint density at radius 3 is 1.97 bits per heavy atom. The van der Waals surface area contributed by atoms with Gasteiger partial charge in [0.2, 0.25) is 11.8 Å². The number of hydrogen-bond acceptors (Lipinski definition) is 13. The number of carbonyl (C=O) groups excluding carboxylic acids is 2. The molecule has 9 N–H and O–H groups in total. The van der Waals surface area contributed by atoms with Gasteiger partial charge in [0, 0.05) is 26.4 Å². The molecule has 0 saturated carbocycles. The van der Waals surface area contributed by atoms with Crippen LogP contribution in [-0.4, -0.2) is 142 Å².